The van der Waals surface area contributed by atoms with Crippen LogP contribution in [0.2, 0.25) is 10.2 Å². The van der Waals surface area contributed by atoms with Gasteiger partial charge >= 0.3 is 0 Å². The number of nitrogens with one attached hydrogen (secondary N) is 1. The highest BCUT2D eigenvalue weighted by atomic mass is 35.5. The van der Waals surface area contributed by atoms with Gasteiger partial charge in [-0.3, -0.25) is 15.5 Å². The third kappa shape index (κ3) is 4.64. The SMILES string of the molecule is Cc1nn(Cc2ccc(Cl)cc2)c(Cl)c1C=NNc1cccc([N+](=O)[O-])c1. The molecule has 0 aliphatic heterocycles. The number of nitrogens with zero attached hydrogens (tertiary/aromatic N) is 4. The molecule has 0 atom stereocenters. The molecule has 0 saturated carbocycles. The molecule has 27 heavy (non-hydrogen) atoms. The largest absolute Gasteiger partial charge is 0.278 e. The van der Waals surface area contributed by atoms with Crippen LogP contribution < -0.4 is 5.43 Å². The van der Waals surface area contributed by atoms with E-state index in [4.69, 9.17) is 23.2 Å². The average molecular weight is 404 g/mol. The number of non-ortho nitro benzene ring substituents is 1. The molecule has 138 valence electrons. The molecule has 3 aromatic rings. The standard InChI is InChI=1S/C18H15Cl2N5O2/c1-12-17(10-21-22-15-3-2-4-16(9-15)25(26)27)18(20)24(23-12)11-13-5-7-14(19)8-6-13/h2-10,22H,11H2,1H3. The number of benzene rings is 2. The van der Waals surface area contributed by atoms with Crippen molar-refractivity contribution in [2.75, 3.05) is 5.43 Å². The molecule has 9 heteroatoms. The van der Waals surface area contributed by atoms with Crippen molar-refractivity contribution < 1.29 is 4.92 Å². The number of anilines is 1. The lowest BCUT2D eigenvalue weighted by Gasteiger charge is -2.04. The fourth-order valence-corrected chi connectivity index (χ4v) is 2.85. The monoisotopic (exact) mass is 403 g/mol. The smallest absolute Gasteiger partial charge is 0.271 e. The molecule has 0 spiro atoms. The van der Waals surface area contributed by atoms with Gasteiger partial charge in [-0.2, -0.15) is 10.2 Å². The van der Waals surface area contributed by atoms with Gasteiger partial charge in [0.1, 0.15) is 5.15 Å². The van der Waals surface area contributed by atoms with Gasteiger partial charge in [-0.1, -0.05) is 41.4 Å². The summed E-state index contributed by atoms with van der Waals surface area (Å²) in [4.78, 5) is 10.4. The first-order valence-corrected chi connectivity index (χ1v) is 8.70. The van der Waals surface area contributed by atoms with Crippen molar-refractivity contribution in [3.8, 4) is 0 Å². The second kappa shape index (κ2) is 8.20. The van der Waals surface area contributed by atoms with Crippen molar-refractivity contribution in [1.29, 1.82) is 0 Å². The summed E-state index contributed by atoms with van der Waals surface area (Å²) in [5.41, 5.74) is 5.66. The van der Waals surface area contributed by atoms with Crippen molar-refractivity contribution in [1.82, 2.24) is 9.78 Å². The van der Waals surface area contributed by atoms with Crippen molar-refractivity contribution in [2.24, 2.45) is 5.10 Å². The first-order valence-electron chi connectivity index (χ1n) is 7.95. The number of nitro groups is 1. The predicted molar refractivity (Wildman–Crippen MR) is 107 cm³/mol. The van der Waals surface area contributed by atoms with E-state index < -0.39 is 4.92 Å². The number of nitro benzene ring substituents is 1. The predicted octanol–water partition coefficient (Wildman–Crippen LogP) is 4.90. The van der Waals surface area contributed by atoms with Crippen molar-refractivity contribution in [3.63, 3.8) is 0 Å². The first-order chi connectivity index (χ1) is 12.9. The maximum Gasteiger partial charge on any atom is 0.271 e. The molecular formula is C18H15Cl2N5O2. The topological polar surface area (TPSA) is 85.3 Å². The summed E-state index contributed by atoms with van der Waals surface area (Å²) < 4.78 is 1.68. The molecule has 1 heterocycles. The summed E-state index contributed by atoms with van der Waals surface area (Å²) in [5.74, 6) is 0. The van der Waals surface area contributed by atoms with Gasteiger partial charge in [0.15, 0.2) is 0 Å². The maximum absolute atomic E-state index is 10.8. The van der Waals surface area contributed by atoms with Gasteiger partial charge in [-0.05, 0) is 30.7 Å². The summed E-state index contributed by atoms with van der Waals surface area (Å²) in [6, 6.07) is 13.5. The van der Waals surface area contributed by atoms with Gasteiger partial charge in [0.05, 0.1) is 34.6 Å². The molecule has 0 unspecified atom stereocenters. The number of hydrazone groups is 1. The normalized spacial score (nSPS) is 11.1. The highest BCUT2D eigenvalue weighted by Gasteiger charge is 2.12. The summed E-state index contributed by atoms with van der Waals surface area (Å²) in [5, 5.41) is 20.5. The van der Waals surface area contributed by atoms with E-state index >= 15 is 0 Å². The van der Waals surface area contributed by atoms with E-state index in [0.29, 0.717) is 28.0 Å². The molecule has 0 radical (unpaired) electrons. The van der Waals surface area contributed by atoms with Crippen LogP contribution in [0.4, 0.5) is 11.4 Å². The van der Waals surface area contributed by atoms with E-state index in [9.17, 15) is 10.1 Å². The van der Waals surface area contributed by atoms with Crippen LogP contribution >= 0.6 is 23.2 Å². The van der Waals surface area contributed by atoms with Gasteiger partial charge in [-0.15, -0.1) is 0 Å². The highest BCUT2D eigenvalue weighted by molar-refractivity contribution is 6.32. The Morgan fingerprint density at radius 1 is 1.26 bits per heavy atom. The second-order valence-electron chi connectivity index (χ2n) is 5.75. The zero-order valence-electron chi connectivity index (χ0n) is 14.3. The molecule has 2 aromatic carbocycles. The fraction of sp³-hybridized carbons (Fsp3) is 0.111. The minimum Gasteiger partial charge on any atom is -0.278 e. The van der Waals surface area contributed by atoms with Crippen LogP contribution in [0.3, 0.4) is 0 Å². The molecule has 0 amide bonds. The number of hydrogen-bond acceptors (Lipinski definition) is 5. The van der Waals surface area contributed by atoms with E-state index in [2.05, 4.69) is 15.6 Å². The van der Waals surface area contributed by atoms with Crippen LogP contribution in [-0.2, 0) is 6.54 Å². The number of halogens is 2. The van der Waals surface area contributed by atoms with Crippen molar-refractivity contribution in [3.05, 3.63) is 85.6 Å². The first kappa shape index (κ1) is 18.9. The van der Waals surface area contributed by atoms with Gasteiger partial charge in [-0.25, -0.2) is 4.68 Å². The highest BCUT2D eigenvalue weighted by Crippen LogP contribution is 2.21. The lowest BCUT2D eigenvalue weighted by molar-refractivity contribution is -0.384. The second-order valence-corrected chi connectivity index (χ2v) is 6.55. The van der Waals surface area contributed by atoms with E-state index in [-0.39, 0.29) is 5.69 Å². The summed E-state index contributed by atoms with van der Waals surface area (Å²) in [6.07, 6.45) is 1.54. The van der Waals surface area contributed by atoms with Crippen LogP contribution in [0, 0.1) is 17.0 Å². The fourth-order valence-electron chi connectivity index (χ4n) is 2.44. The quantitative estimate of drug-likeness (QED) is 0.360. The Kier molecular flexibility index (Phi) is 5.73. The molecule has 7 nitrogen and oxygen atoms in total. The summed E-state index contributed by atoms with van der Waals surface area (Å²) in [7, 11) is 0. The minimum atomic E-state index is -0.462. The Morgan fingerprint density at radius 3 is 2.70 bits per heavy atom. The molecule has 0 aliphatic carbocycles. The number of aryl methyl sites for hydroxylation is 1. The van der Waals surface area contributed by atoms with Crippen molar-refractivity contribution >= 4 is 40.8 Å². The van der Waals surface area contributed by atoms with Gasteiger partial charge in [0.25, 0.3) is 5.69 Å². The number of rotatable bonds is 6. The van der Waals surface area contributed by atoms with E-state index in [1.807, 2.05) is 31.2 Å². The maximum atomic E-state index is 10.8. The lowest BCUT2D eigenvalue weighted by atomic mass is 10.2. The van der Waals surface area contributed by atoms with Crippen LogP contribution in [0.1, 0.15) is 16.8 Å². The molecule has 0 fully saturated rings. The Morgan fingerprint density at radius 2 is 2.00 bits per heavy atom. The van der Waals surface area contributed by atoms with Crippen molar-refractivity contribution in [2.45, 2.75) is 13.5 Å². The third-order valence-electron chi connectivity index (χ3n) is 3.80. The molecule has 3 rings (SSSR count). The number of aromatic nitrogens is 2. The molecule has 0 bridgehead atoms. The zero-order chi connectivity index (χ0) is 19.4. The third-order valence-corrected chi connectivity index (χ3v) is 4.45. The van der Waals surface area contributed by atoms with Crippen LogP contribution in [0.15, 0.2) is 53.6 Å². The van der Waals surface area contributed by atoms with E-state index in [1.54, 1.807) is 23.0 Å². The van der Waals surface area contributed by atoms with Gasteiger partial charge < -0.3 is 0 Å². The van der Waals surface area contributed by atoms with Gasteiger partial charge in [0.2, 0.25) is 0 Å². The Balaban J connectivity index is 1.74. The lowest BCUT2D eigenvalue weighted by Crippen LogP contribution is -2.02. The van der Waals surface area contributed by atoms with Crippen LogP contribution in [-0.4, -0.2) is 20.9 Å². The molecule has 0 saturated heterocycles. The molecule has 1 N–H and O–H groups in total. The summed E-state index contributed by atoms with van der Waals surface area (Å²) in [6.45, 7) is 2.34. The average Bonchev–Trinajstić information content (AvgIpc) is 2.91. The van der Waals surface area contributed by atoms with Crippen LogP contribution in [0.5, 0.6) is 0 Å². The number of hydrogen-bond donors (Lipinski definition) is 1. The Bertz CT molecular complexity index is 999. The minimum absolute atomic E-state index is 0.0137. The molecule has 0 aliphatic rings. The molecule has 1 aromatic heterocycles. The van der Waals surface area contributed by atoms with Crippen LogP contribution in [0.25, 0.3) is 0 Å². The zero-order valence-corrected chi connectivity index (χ0v) is 15.8. The van der Waals surface area contributed by atoms with E-state index in [0.717, 1.165) is 11.3 Å². The summed E-state index contributed by atoms with van der Waals surface area (Å²) >= 11 is 12.3. The Hall–Kier alpha value is -2.90. The Labute approximate surface area is 165 Å². The van der Waals surface area contributed by atoms with E-state index in [1.165, 1.54) is 12.1 Å². The van der Waals surface area contributed by atoms with Gasteiger partial charge in [0, 0.05) is 17.2 Å². The molecular weight excluding hydrogens is 389 g/mol.